The smallest absolute Gasteiger partial charge is 0.252 e. The van der Waals surface area contributed by atoms with Gasteiger partial charge in [-0.2, -0.15) is 4.31 Å². The van der Waals surface area contributed by atoms with Gasteiger partial charge in [-0.05, 0) is 31.5 Å². The molecule has 1 unspecified atom stereocenters. The van der Waals surface area contributed by atoms with Crippen LogP contribution in [0.25, 0.3) is 0 Å². The Balaban J connectivity index is 1.60. The lowest BCUT2D eigenvalue weighted by Gasteiger charge is -2.36. The fourth-order valence-corrected chi connectivity index (χ4v) is 6.09. The van der Waals surface area contributed by atoms with Crippen LogP contribution in [0.3, 0.4) is 0 Å². The normalized spacial score (nSPS) is 23.9. The number of carbonyl (C=O) groups excluding carboxylic acids is 1. The van der Waals surface area contributed by atoms with Crippen molar-refractivity contribution in [2.45, 2.75) is 17.1 Å². The molecule has 0 bridgehead atoms. The number of amides is 1. The van der Waals surface area contributed by atoms with E-state index in [1.807, 2.05) is 0 Å². The first kappa shape index (κ1) is 17.2. The third kappa shape index (κ3) is 3.71. The van der Waals surface area contributed by atoms with E-state index in [4.69, 9.17) is 11.6 Å². The molecule has 6 nitrogen and oxygen atoms in total. The predicted octanol–water partition coefficient (Wildman–Crippen LogP) is 1.23. The number of nitrogens with one attached hydrogen (secondary N) is 1. The highest BCUT2D eigenvalue weighted by atomic mass is 35.5. The maximum absolute atomic E-state index is 12.5. The number of thiophene rings is 1. The topological polar surface area (TPSA) is 69.7 Å². The van der Waals surface area contributed by atoms with Crippen LogP contribution in [-0.4, -0.2) is 62.8 Å². The number of hydrogen-bond acceptors (Lipinski definition) is 5. The minimum Gasteiger partial charge on any atom is -0.340 e. The van der Waals surface area contributed by atoms with Crippen LogP contribution in [-0.2, 0) is 14.8 Å². The van der Waals surface area contributed by atoms with Crippen molar-refractivity contribution in [1.29, 1.82) is 0 Å². The van der Waals surface area contributed by atoms with Crippen molar-refractivity contribution in [2.75, 3.05) is 39.3 Å². The monoisotopic (exact) mass is 377 g/mol. The van der Waals surface area contributed by atoms with E-state index in [1.54, 1.807) is 11.0 Å². The second-order valence-corrected chi connectivity index (χ2v) is 9.71. The van der Waals surface area contributed by atoms with Gasteiger partial charge < -0.3 is 10.2 Å². The Labute approximate surface area is 145 Å². The molecule has 2 fully saturated rings. The predicted molar refractivity (Wildman–Crippen MR) is 90.3 cm³/mol. The van der Waals surface area contributed by atoms with Gasteiger partial charge in [-0.25, -0.2) is 8.42 Å². The number of piperidine rings is 1. The fourth-order valence-electron chi connectivity index (χ4n) is 3.03. The average Bonchev–Trinajstić information content (AvgIpc) is 3.02. The highest BCUT2D eigenvalue weighted by molar-refractivity contribution is 7.91. The van der Waals surface area contributed by atoms with Crippen molar-refractivity contribution in [3.8, 4) is 0 Å². The van der Waals surface area contributed by atoms with E-state index >= 15 is 0 Å². The number of sulfonamides is 1. The molecule has 2 aliphatic rings. The summed E-state index contributed by atoms with van der Waals surface area (Å²) in [6.07, 6.45) is 1.93. The highest BCUT2D eigenvalue weighted by Crippen LogP contribution is 2.28. The molecule has 0 aliphatic carbocycles. The number of halogens is 1. The molecule has 0 spiro atoms. The molecule has 0 radical (unpaired) electrons. The molecule has 3 rings (SSSR count). The Bertz CT molecular complexity index is 663. The standard InChI is InChI=1S/C14H20ClN3O3S2/c15-12-3-4-13(22-12)23(20,21)18-8-6-17(7-9-18)14(19)11-2-1-5-16-10-11/h3-4,11,16H,1-2,5-10H2. The van der Waals surface area contributed by atoms with Crippen LogP contribution in [0.4, 0.5) is 0 Å². The minimum absolute atomic E-state index is 0.0306. The zero-order valence-electron chi connectivity index (χ0n) is 12.7. The molecule has 2 aliphatic heterocycles. The van der Waals surface area contributed by atoms with Crippen molar-refractivity contribution in [3.05, 3.63) is 16.5 Å². The summed E-state index contributed by atoms with van der Waals surface area (Å²) in [5.74, 6) is 0.177. The summed E-state index contributed by atoms with van der Waals surface area (Å²) in [7, 11) is -3.50. The lowest BCUT2D eigenvalue weighted by Crippen LogP contribution is -2.53. The minimum atomic E-state index is -3.50. The van der Waals surface area contributed by atoms with Crippen LogP contribution in [0.2, 0.25) is 4.34 Å². The zero-order chi connectivity index (χ0) is 16.4. The Morgan fingerprint density at radius 2 is 2.00 bits per heavy atom. The molecule has 2 saturated heterocycles. The van der Waals surface area contributed by atoms with E-state index < -0.39 is 10.0 Å². The molecule has 1 atom stereocenters. The molecule has 23 heavy (non-hydrogen) atoms. The number of piperazine rings is 1. The van der Waals surface area contributed by atoms with Crippen LogP contribution < -0.4 is 5.32 Å². The van der Waals surface area contributed by atoms with Gasteiger partial charge >= 0.3 is 0 Å². The van der Waals surface area contributed by atoms with Crippen molar-refractivity contribution < 1.29 is 13.2 Å². The summed E-state index contributed by atoms with van der Waals surface area (Å²) in [6.45, 7) is 3.28. The van der Waals surface area contributed by atoms with Crippen LogP contribution in [0, 0.1) is 5.92 Å². The van der Waals surface area contributed by atoms with Gasteiger partial charge in [0.1, 0.15) is 4.21 Å². The largest absolute Gasteiger partial charge is 0.340 e. The molecule has 128 valence electrons. The average molecular weight is 378 g/mol. The fraction of sp³-hybridized carbons (Fsp3) is 0.643. The molecule has 3 heterocycles. The number of carbonyl (C=O) groups is 1. The highest BCUT2D eigenvalue weighted by Gasteiger charge is 2.33. The van der Waals surface area contributed by atoms with E-state index in [2.05, 4.69) is 5.32 Å². The first-order valence-corrected chi connectivity index (χ1v) is 10.4. The molecule has 9 heteroatoms. The first-order valence-electron chi connectivity index (χ1n) is 7.73. The summed E-state index contributed by atoms with van der Waals surface area (Å²) < 4.78 is 27.3. The molecule has 0 saturated carbocycles. The molecule has 0 aromatic carbocycles. The van der Waals surface area contributed by atoms with Crippen LogP contribution in [0.5, 0.6) is 0 Å². The van der Waals surface area contributed by atoms with E-state index in [1.165, 1.54) is 10.4 Å². The van der Waals surface area contributed by atoms with Crippen molar-refractivity contribution in [1.82, 2.24) is 14.5 Å². The SMILES string of the molecule is O=C(C1CCCNC1)N1CCN(S(=O)(=O)c2ccc(Cl)s2)CC1. The number of nitrogens with zero attached hydrogens (tertiary/aromatic N) is 2. The second-order valence-electron chi connectivity index (χ2n) is 5.83. The summed E-state index contributed by atoms with van der Waals surface area (Å²) in [5, 5.41) is 3.25. The van der Waals surface area contributed by atoms with Gasteiger partial charge in [-0.15, -0.1) is 11.3 Å². The Kier molecular flexibility index (Phi) is 5.27. The molecule has 1 aromatic heterocycles. The first-order chi connectivity index (χ1) is 11.0. The van der Waals surface area contributed by atoms with Crippen molar-refractivity contribution in [2.24, 2.45) is 5.92 Å². The molecule has 1 N–H and O–H groups in total. The summed E-state index contributed by atoms with van der Waals surface area (Å²) in [5.41, 5.74) is 0. The Morgan fingerprint density at radius 1 is 1.26 bits per heavy atom. The number of hydrogen-bond donors (Lipinski definition) is 1. The molecular weight excluding hydrogens is 358 g/mol. The quantitative estimate of drug-likeness (QED) is 0.860. The van der Waals surface area contributed by atoms with Gasteiger partial charge in [0.15, 0.2) is 0 Å². The molecular formula is C14H20ClN3O3S2. The van der Waals surface area contributed by atoms with E-state index in [0.717, 1.165) is 37.3 Å². The summed E-state index contributed by atoms with van der Waals surface area (Å²) in [4.78, 5) is 14.3. The molecule has 1 aromatic rings. The van der Waals surface area contributed by atoms with Crippen molar-refractivity contribution in [3.63, 3.8) is 0 Å². The van der Waals surface area contributed by atoms with Crippen molar-refractivity contribution >= 4 is 38.9 Å². The number of rotatable bonds is 3. The summed E-state index contributed by atoms with van der Waals surface area (Å²) in [6, 6.07) is 3.13. The maximum atomic E-state index is 12.5. The Hall–Kier alpha value is -0.670. The lowest BCUT2D eigenvalue weighted by molar-refractivity contribution is -0.137. The summed E-state index contributed by atoms with van der Waals surface area (Å²) >= 11 is 6.90. The second kappa shape index (κ2) is 7.06. The Morgan fingerprint density at radius 3 is 2.57 bits per heavy atom. The van der Waals surface area contributed by atoms with Gasteiger partial charge in [0, 0.05) is 32.7 Å². The van der Waals surface area contributed by atoms with Gasteiger partial charge in [-0.3, -0.25) is 4.79 Å². The van der Waals surface area contributed by atoms with Gasteiger partial charge in [0.05, 0.1) is 10.3 Å². The van der Waals surface area contributed by atoms with Crippen LogP contribution >= 0.6 is 22.9 Å². The van der Waals surface area contributed by atoms with Gasteiger partial charge in [0.25, 0.3) is 10.0 Å². The molecule has 1 amide bonds. The van der Waals surface area contributed by atoms with E-state index in [9.17, 15) is 13.2 Å². The maximum Gasteiger partial charge on any atom is 0.252 e. The third-order valence-electron chi connectivity index (χ3n) is 4.34. The van der Waals surface area contributed by atoms with Crippen LogP contribution in [0.1, 0.15) is 12.8 Å². The van der Waals surface area contributed by atoms with Gasteiger partial charge in [-0.1, -0.05) is 11.6 Å². The van der Waals surface area contributed by atoms with E-state index in [0.29, 0.717) is 30.5 Å². The van der Waals surface area contributed by atoms with Crippen LogP contribution in [0.15, 0.2) is 16.3 Å². The zero-order valence-corrected chi connectivity index (χ0v) is 15.1. The van der Waals surface area contributed by atoms with Gasteiger partial charge in [0.2, 0.25) is 5.91 Å². The lowest BCUT2D eigenvalue weighted by atomic mass is 9.98. The third-order valence-corrected chi connectivity index (χ3v) is 7.94. The van der Waals surface area contributed by atoms with E-state index in [-0.39, 0.29) is 16.0 Å².